The molecule has 1 atom stereocenters. The van der Waals surface area contributed by atoms with Crippen molar-refractivity contribution in [3.05, 3.63) is 11.6 Å². The molecule has 0 amide bonds. The van der Waals surface area contributed by atoms with Crippen molar-refractivity contribution in [3.8, 4) is 6.07 Å². The van der Waals surface area contributed by atoms with E-state index in [4.69, 9.17) is 10.00 Å². The minimum absolute atomic E-state index is 0.370. The van der Waals surface area contributed by atoms with Crippen LogP contribution in [0.3, 0.4) is 0 Å². The van der Waals surface area contributed by atoms with Crippen molar-refractivity contribution in [2.45, 2.75) is 25.9 Å². The zero-order valence-electron chi connectivity index (χ0n) is 10.7. The monoisotopic (exact) mass is 235 g/mol. The van der Waals surface area contributed by atoms with E-state index in [-0.39, 0.29) is 0 Å². The SMILES string of the molecule is CC(C#N)=CC(C)N1CCN(C2COC2)CC1. The second-order valence-electron chi connectivity index (χ2n) is 4.97. The Morgan fingerprint density at radius 2 is 2.00 bits per heavy atom. The van der Waals surface area contributed by atoms with Gasteiger partial charge in [0, 0.05) is 37.8 Å². The van der Waals surface area contributed by atoms with E-state index in [1.807, 2.05) is 6.92 Å². The first-order valence-electron chi connectivity index (χ1n) is 6.35. The van der Waals surface area contributed by atoms with Crippen LogP contribution in [0, 0.1) is 11.3 Å². The smallest absolute Gasteiger partial charge is 0.0941 e. The molecule has 0 spiro atoms. The lowest BCUT2D eigenvalue weighted by atomic mass is 10.1. The summed E-state index contributed by atoms with van der Waals surface area (Å²) in [6, 6.07) is 3.21. The number of rotatable bonds is 3. The van der Waals surface area contributed by atoms with Gasteiger partial charge >= 0.3 is 0 Å². The van der Waals surface area contributed by atoms with Crippen LogP contribution in [0.25, 0.3) is 0 Å². The van der Waals surface area contributed by atoms with E-state index < -0.39 is 0 Å². The fraction of sp³-hybridized carbons (Fsp3) is 0.769. The number of hydrogen-bond acceptors (Lipinski definition) is 4. The molecular weight excluding hydrogens is 214 g/mol. The van der Waals surface area contributed by atoms with Gasteiger partial charge in [-0.15, -0.1) is 0 Å². The lowest BCUT2D eigenvalue weighted by molar-refractivity contribution is -0.0781. The van der Waals surface area contributed by atoms with Crippen molar-refractivity contribution in [1.82, 2.24) is 9.80 Å². The van der Waals surface area contributed by atoms with Crippen LogP contribution in [-0.2, 0) is 4.74 Å². The third-order valence-corrected chi connectivity index (χ3v) is 3.73. The zero-order valence-corrected chi connectivity index (χ0v) is 10.7. The van der Waals surface area contributed by atoms with Gasteiger partial charge in [0.05, 0.1) is 25.3 Å². The van der Waals surface area contributed by atoms with Gasteiger partial charge in [0.2, 0.25) is 0 Å². The summed E-state index contributed by atoms with van der Waals surface area (Å²) in [6.45, 7) is 10.3. The fourth-order valence-corrected chi connectivity index (χ4v) is 2.45. The first-order valence-corrected chi connectivity index (χ1v) is 6.35. The van der Waals surface area contributed by atoms with E-state index >= 15 is 0 Å². The molecule has 0 N–H and O–H groups in total. The predicted molar refractivity (Wildman–Crippen MR) is 66.6 cm³/mol. The maximum atomic E-state index is 8.78. The zero-order chi connectivity index (χ0) is 12.3. The summed E-state index contributed by atoms with van der Waals surface area (Å²) in [5.74, 6) is 0. The first kappa shape index (κ1) is 12.6. The van der Waals surface area contributed by atoms with E-state index in [1.54, 1.807) is 0 Å². The minimum atomic E-state index is 0.370. The quantitative estimate of drug-likeness (QED) is 0.680. The van der Waals surface area contributed by atoms with Gasteiger partial charge in [0.15, 0.2) is 0 Å². The van der Waals surface area contributed by atoms with Gasteiger partial charge in [-0.25, -0.2) is 0 Å². The van der Waals surface area contributed by atoms with E-state index in [0.29, 0.717) is 12.1 Å². The Kier molecular flexibility index (Phi) is 4.16. The Morgan fingerprint density at radius 1 is 1.35 bits per heavy atom. The van der Waals surface area contributed by atoms with Crippen molar-refractivity contribution in [1.29, 1.82) is 5.26 Å². The molecule has 2 fully saturated rings. The lowest BCUT2D eigenvalue weighted by Gasteiger charge is -2.43. The van der Waals surface area contributed by atoms with Crippen LogP contribution in [0.2, 0.25) is 0 Å². The van der Waals surface area contributed by atoms with Crippen LogP contribution >= 0.6 is 0 Å². The van der Waals surface area contributed by atoms with Crippen molar-refractivity contribution >= 4 is 0 Å². The summed E-state index contributed by atoms with van der Waals surface area (Å²) in [4.78, 5) is 4.96. The molecular formula is C13H21N3O. The number of nitriles is 1. The van der Waals surface area contributed by atoms with Crippen molar-refractivity contribution in [2.75, 3.05) is 39.4 Å². The van der Waals surface area contributed by atoms with E-state index in [1.165, 1.54) is 0 Å². The molecule has 2 aliphatic heterocycles. The van der Waals surface area contributed by atoms with E-state index in [0.717, 1.165) is 45.0 Å². The van der Waals surface area contributed by atoms with Crippen molar-refractivity contribution in [2.24, 2.45) is 0 Å². The first-order chi connectivity index (χ1) is 8.20. The van der Waals surface area contributed by atoms with Crippen LogP contribution in [0.5, 0.6) is 0 Å². The van der Waals surface area contributed by atoms with Gasteiger partial charge in [0.25, 0.3) is 0 Å². The normalized spacial score (nSPS) is 26.3. The Labute approximate surface area is 103 Å². The third kappa shape index (κ3) is 3.06. The number of ether oxygens (including phenoxy) is 1. The van der Waals surface area contributed by atoms with Gasteiger partial charge in [-0.05, 0) is 13.8 Å². The van der Waals surface area contributed by atoms with Crippen LogP contribution in [0.1, 0.15) is 13.8 Å². The Balaban J connectivity index is 1.80. The van der Waals surface area contributed by atoms with Gasteiger partial charge in [0.1, 0.15) is 0 Å². The summed E-state index contributed by atoms with van der Waals surface area (Å²) in [6.07, 6.45) is 2.06. The molecule has 0 saturated carbocycles. The van der Waals surface area contributed by atoms with Gasteiger partial charge in [-0.3, -0.25) is 9.80 Å². The Hall–Kier alpha value is -0.890. The molecule has 0 radical (unpaired) electrons. The molecule has 0 aromatic heterocycles. The Bertz CT molecular complexity index is 322. The average molecular weight is 235 g/mol. The summed E-state index contributed by atoms with van der Waals surface area (Å²) in [5.41, 5.74) is 0.812. The molecule has 0 aromatic rings. The maximum Gasteiger partial charge on any atom is 0.0941 e. The summed E-state index contributed by atoms with van der Waals surface area (Å²) in [7, 11) is 0. The molecule has 2 aliphatic rings. The molecule has 94 valence electrons. The molecule has 0 aromatic carbocycles. The topological polar surface area (TPSA) is 39.5 Å². The molecule has 4 heteroatoms. The molecule has 0 aliphatic carbocycles. The summed E-state index contributed by atoms with van der Waals surface area (Å²) in [5, 5.41) is 8.78. The highest BCUT2D eigenvalue weighted by atomic mass is 16.5. The molecule has 17 heavy (non-hydrogen) atoms. The molecule has 1 unspecified atom stereocenters. The van der Waals surface area contributed by atoms with Crippen LogP contribution in [0.15, 0.2) is 11.6 Å². The van der Waals surface area contributed by atoms with E-state index in [9.17, 15) is 0 Å². The number of allylic oxidation sites excluding steroid dienone is 1. The number of piperazine rings is 1. The number of hydrogen-bond donors (Lipinski definition) is 0. The standard InChI is InChI=1S/C13H21N3O/c1-11(8-14)7-12(2)15-3-5-16(6-4-15)13-9-17-10-13/h7,12-13H,3-6,9-10H2,1-2H3. The highest BCUT2D eigenvalue weighted by Gasteiger charge is 2.29. The second kappa shape index (κ2) is 5.63. The molecule has 2 rings (SSSR count). The average Bonchev–Trinajstić information content (AvgIpc) is 2.27. The van der Waals surface area contributed by atoms with Gasteiger partial charge < -0.3 is 4.74 Å². The third-order valence-electron chi connectivity index (χ3n) is 3.73. The molecule has 0 bridgehead atoms. The van der Waals surface area contributed by atoms with Gasteiger partial charge in [-0.1, -0.05) is 6.08 Å². The van der Waals surface area contributed by atoms with Crippen LogP contribution in [-0.4, -0.2) is 61.3 Å². The molecule has 2 saturated heterocycles. The van der Waals surface area contributed by atoms with Crippen molar-refractivity contribution < 1.29 is 4.74 Å². The van der Waals surface area contributed by atoms with Crippen LogP contribution < -0.4 is 0 Å². The van der Waals surface area contributed by atoms with E-state index in [2.05, 4.69) is 28.9 Å². The predicted octanol–water partition coefficient (Wildman–Crippen LogP) is 0.861. The van der Waals surface area contributed by atoms with Crippen molar-refractivity contribution in [3.63, 3.8) is 0 Å². The summed E-state index contributed by atoms with van der Waals surface area (Å²) >= 11 is 0. The summed E-state index contributed by atoms with van der Waals surface area (Å²) < 4.78 is 5.23. The highest BCUT2D eigenvalue weighted by molar-refractivity contribution is 5.19. The van der Waals surface area contributed by atoms with Crippen LogP contribution in [0.4, 0.5) is 0 Å². The van der Waals surface area contributed by atoms with Gasteiger partial charge in [-0.2, -0.15) is 5.26 Å². The highest BCUT2D eigenvalue weighted by Crippen LogP contribution is 2.15. The number of nitrogens with zero attached hydrogens (tertiary/aromatic N) is 3. The fourth-order valence-electron chi connectivity index (χ4n) is 2.45. The molecule has 2 heterocycles. The minimum Gasteiger partial charge on any atom is -0.378 e. The Morgan fingerprint density at radius 3 is 2.47 bits per heavy atom. The second-order valence-corrected chi connectivity index (χ2v) is 4.97. The maximum absolute atomic E-state index is 8.78. The molecule has 4 nitrogen and oxygen atoms in total. The lowest BCUT2D eigenvalue weighted by Crippen LogP contribution is -2.57. The largest absolute Gasteiger partial charge is 0.378 e.